The Morgan fingerprint density at radius 1 is 0.871 bits per heavy atom. The van der Waals surface area contributed by atoms with Gasteiger partial charge >= 0.3 is 0 Å². The first-order valence-corrected chi connectivity index (χ1v) is 10.3. The predicted molar refractivity (Wildman–Crippen MR) is 114 cm³/mol. The summed E-state index contributed by atoms with van der Waals surface area (Å²) in [6.45, 7) is 4.43. The Hall–Kier alpha value is -3.42. The molecule has 0 radical (unpaired) electrons. The number of phenols is 2. The molecule has 3 rings (SSSR count). The normalized spacial score (nSPS) is 16.3. The fourth-order valence-corrected chi connectivity index (χ4v) is 3.38. The number of carbonyl (C=O) groups is 2. The Balaban J connectivity index is 1.42. The Kier molecular flexibility index (Phi) is 7.23. The highest BCUT2D eigenvalue weighted by Crippen LogP contribution is 2.20. The van der Waals surface area contributed by atoms with Crippen molar-refractivity contribution in [3.05, 3.63) is 48.5 Å². The molecule has 1 aliphatic heterocycles. The lowest BCUT2D eigenvalue weighted by molar-refractivity contribution is -0.139. The molecule has 31 heavy (non-hydrogen) atoms. The Labute approximate surface area is 181 Å². The largest absolute Gasteiger partial charge is 0.508 e. The van der Waals surface area contributed by atoms with Crippen molar-refractivity contribution in [1.82, 2.24) is 10.2 Å². The second-order valence-electron chi connectivity index (χ2n) is 7.62. The summed E-state index contributed by atoms with van der Waals surface area (Å²) in [6.07, 6.45) is -0.0256. The summed E-state index contributed by atoms with van der Waals surface area (Å²) in [5.41, 5.74) is 0. The summed E-state index contributed by atoms with van der Waals surface area (Å²) in [7, 11) is 0. The number of benzene rings is 2. The number of piperidine rings is 1. The van der Waals surface area contributed by atoms with E-state index in [0.29, 0.717) is 37.4 Å². The highest BCUT2D eigenvalue weighted by atomic mass is 16.5. The van der Waals surface area contributed by atoms with E-state index in [9.17, 15) is 19.8 Å². The molecule has 0 aliphatic carbocycles. The van der Waals surface area contributed by atoms with Gasteiger partial charge in [-0.1, -0.05) is 0 Å². The number of aromatic hydroxyl groups is 2. The number of nitrogens with zero attached hydrogens (tertiary/aromatic N) is 1. The molecular formula is C23H28N2O6. The van der Waals surface area contributed by atoms with Crippen LogP contribution in [0.25, 0.3) is 0 Å². The highest BCUT2D eigenvalue weighted by molar-refractivity contribution is 5.82. The van der Waals surface area contributed by atoms with Gasteiger partial charge in [0.25, 0.3) is 11.8 Å². The third kappa shape index (κ3) is 6.28. The average molecular weight is 428 g/mol. The van der Waals surface area contributed by atoms with Crippen molar-refractivity contribution in [2.45, 2.75) is 44.9 Å². The second-order valence-corrected chi connectivity index (χ2v) is 7.62. The lowest BCUT2D eigenvalue weighted by atomic mass is 10.0. The topological polar surface area (TPSA) is 108 Å². The zero-order valence-electron chi connectivity index (χ0n) is 17.7. The maximum absolute atomic E-state index is 12.7. The molecule has 2 aromatic carbocycles. The summed E-state index contributed by atoms with van der Waals surface area (Å²) in [4.78, 5) is 26.8. The van der Waals surface area contributed by atoms with Gasteiger partial charge in [-0.2, -0.15) is 0 Å². The van der Waals surface area contributed by atoms with Gasteiger partial charge in [0.05, 0.1) is 0 Å². The van der Waals surface area contributed by atoms with Crippen LogP contribution in [0.3, 0.4) is 0 Å². The number of carbonyl (C=O) groups excluding carboxylic acids is 2. The van der Waals surface area contributed by atoms with Crippen LogP contribution in [0.5, 0.6) is 23.0 Å². The van der Waals surface area contributed by atoms with Gasteiger partial charge in [-0.25, -0.2) is 0 Å². The first-order valence-electron chi connectivity index (χ1n) is 10.3. The van der Waals surface area contributed by atoms with Crippen LogP contribution in [0.2, 0.25) is 0 Å². The van der Waals surface area contributed by atoms with Crippen molar-refractivity contribution in [2.75, 3.05) is 13.1 Å². The Morgan fingerprint density at radius 2 is 1.32 bits per heavy atom. The van der Waals surface area contributed by atoms with Crippen LogP contribution in [0.4, 0.5) is 0 Å². The first kappa shape index (κ1) is 22.3. The second kappa shape index (κ2) is 10.1. The minimum absolute atomic E-state index is 0.0317. The van der Waals surface area contributed by atoms with E-state index in [0.717, 1.165) is 0 Å². The van der Waals surface area contributed by atoms with Gasteiger partial charge in [-0.3, -0.25) is 9.59 Å². The van der Waals surface area contributed by atoms with Crippen molar-refractivity contribution in [1.29, 1.82) is 0 Å². The van der Waals surface area contributed by atoms with Crippen LogP contribution in [0, 0.1) is 0 Å². The van der Waals surface area contributed by atoms with E-state index in [1.54, 1.807) is 43.0 Å². The van der Waals surface area contributed by atoms with Crippen LogP contribution in [-0.2, 0) is 9.59 Å². The van der Waals surface area contributed by atoms with Gasteiger partial charge in [0.1, 0.15) is 23.0 Å². The fourth-order valence-electron chi connectivity index (χ4n) is 3.38. The maximum Gasteiger partial charge on any atom is 0.263 e. The van der Waals surface area contributed by atoms with Crippen LogP contribution < -0.4 is 14.8 Å². The van der Waals surface area contributed by atoms with Gasteiger partial charge in [0, 0.05) is 19.1 Å². The van der Waals surface area contributed by atoms with Gasteiger partial charge in [-0.05, 0) is 75.2 Å². The molecule has 166 valence electrons. The number of amides is 2. The molecule has 0 saturated carbocycles. The summed E-state index contributed by atoms with van der Waals surface area (Å²) in [5.74, 6) is 0.961. The van der Waals surface area contributed by atoms with E-state index in [4.69, 9.17) is 9.47 Å². The molecule has 1 aliphatic rings. The van der Waals surface area contributed by atoms with Gasteiger partial charge < -0.3 is 29.9 Å². The molecule has 8 heteroatoms. The van der Waals surface area contributed by atoms with Crippen molar-refractivity contribution in [2.24, 2.45) is 0 Å². The molecule has 2 aromatic rings. The Bertz CT molecular complexity index is 876. The SMILES string of the molecule is CC(Oc1ccc(O)cc1)C(=O)NC1CCN(C(=O)C(C)Oc2ccc(O)cc2)CC1. The minimum Gasteiger partial charge on any atom is -0.508 e. The molecular weight excluding hydrogens is 400 g/mol. The maximum atomic E-state index is 12.7. The molecule has 1 saturated heterocycles. The summed E-state index contributed by atoms with van der Waals surface area (Å²) < 4.78 is 11.3. The molecule has 3 N–H and O–H groups in total. The van der Waals surface area contributed by atoms with Gasteiger partial charge in [0.15, 0.2) is 12.2 Å². The number of hydrogen-bond acceptors (Lipinski definition) is 6. The lowest BCUT2D eigenvalue weighted by Gasteiger charge is -2.34. The number of phenolic OH excluding ortho intramolecular Hbond substituents is 2. The molecule has 0 bridgehead atoms. The van der Waals surface area contributed by atoms with E-state index < -0.39 is 12.2 Å². The molecule has 0 aromatic heterocycles. The first-order chi connectivity index (χ1) is 14.8. The third-order valence-corrected chi connectivity index (χ3v) is 5.17. The lowest BCUT2D eigenvalue weighted by Crippen LogP contribution is -2.51. The minimum atomic E-state index is -0.678. The molecule has 2 unspecified atom stereocenters. The van der Waals surface area contributed by atoms with E-state index in [2.05, 4.69) is 5.32 Å². The molecule has 2 amide bonds. The standard InChI is InChI=1S/C23H28N2O6/c1-15(30-20-7-3-18(26)4-8-20)22(28)24-17-11-13-25(14-12-17)23(29)16(2)31-21-9-5-19(27)6-10-21/h3-10,15-17,26-27H,11-14H2,1-2H3,(H,24,28). The van der Waals surface area contributed by atoms with Crippen molar-refractivity contribution in [3.63, 3.8) is 0 Å². The molecule has 1 heterocycles. The fraction of sp³-hybridized carbons (Fsp3) is 0.391. The van der Waals surface area contributed by atoms with Crippen molar-refractivity contribution < 1.29 is 29.3 Å². The monoisotopic (exact) mass is 428 g/mol. The number of likely N-dealkylation sites (tertiary alicyclic amines) is 1. The van der Waals surface area contributed by atoms with Gasteiger partial charge in [-0.15, -0.1) is 0 Å². The summed E-state index contributed by atoms with van der Waals surface area (Å²) >= 11 is 0. The van der Waals surface area contributed by atoms with Crippen LogP contribution in [-0.4, -0.2) is 58.3 Å². The number of rotatable bonds is 7. The van der Waals surface area contributed by atoms with Crippen LogP contribution in [0.1, 0.15) is 26.7 Å². The third-order valence-electron chi connectivity index (χ3n) is 5.17. The van der Waals surface area contributed by atoms with Crippen molar-refractivity contribution in [3.8, 4) is 23.0 Å². The molecule has 0 spiro atoms. The zero-order valence-corrected chi connectivity index (χ0v) is 17.7. The number of nitrogens with one attached hydrogen (secondary N) is 1. The molecule has 2 atom stereocenters. The summed E-state index contributed by atoms with van der Waals surface area (Å²) in [6, 6.07) is 12.4. The number of ether oxygens (including phenoxy) is 2. The number of hydrogen-bond donors (Lipinski definition) is 3. The van der Waals surface area contributed by atoms with E-state index in [1.165, 1.54) is 24.3 Å². The van der Waals surface area contributed by atoms with Gasteiger partial charge in [0.2, 0.25) is 0 Å². The predicted octanol–water partition coefficient (Wildman–Crippen LogP) is 2.44. The van der Waals surface area contributed by atoms with Crippen LogP contribution in [0.15, 0.2) is 48.5 Å². The highest BCUT2D eigenvalue weighted by Gasteiger charge is 2.28. The quantitative estimate of drug-likeness (QED) is 0.625. The van der Waals surface area contributed by atoms with Crippen molar-refractivity contribution >= 4 is 11.8 Å². The van der Waals surface area contributed by atoms with E-state index in [-0.39, 0.29) is 29.4 Å². The zero-order chi connectivity index (χ0) is 22.4. The average Bonchev–Trinajstić information content (AvgIpc) is 2.77. The molecule has 1 fully saturated rings. The summed E-state index contributed by atoms with van der Waals surface area (Å²) in [5, 5.41) is 21.6. The molecule has 8 nitrogen and oxygen atoms in total. The van der Waals surface area contributed by atoms with E-state index in [1.807, 2.05) is 0 Å². The smallest absolute Gasteiger partial charge is 0.263 e. The van der Waals surface area contributed by atoms with Crippen LogP contribution >= 0.6 is 0 Å². The Morgan fingerprint density at radius 3 is 1.81 bits per heavy atom. The van der Waals surface area contributed by atoms with E-state index >= 15 is 0 Å².